The van der Waals surface area contributed by atoms with Gasteiger partial charge in [0.05, 0.1) is 19.6 Å². The molecule has 1 aliphatic heterocycles. The van der Waals surface area contributed by atoms with Crippen LogP contribution in [0.4, 0.5) is 0 Å². The Balaban J connectivity index is 1.53. The van der Waals surface area contributed by atoms with Crippen molar-refractivity contribution in [1.82, 2.24) is 10.2 Å². The maximum Gasteiger partial charge on any atom is 0.225 e. The fraction of sp³-hybridized carbons (Fsp3) is 0.300. The zero-order chi connectivity index (χ0) is 18.5. The highest BCUT2D eigenvalue weighted by molar-refractivity contribution is 6.31. The third kappa shape index (κ3) is 4.55. The molecule has 1 N–H and O–H groups in total. The van der Waals surface area contributed by atoms with Gasteiger partial charge in [0.1, 0.15) is 5.75 Å². The molecule has 26 heavy (non-hydrogen) atoms. The summed E-state index contributed by atoms with van der Waals surface area (Å²) in [4.78, 5) is 26.2. The van der Waals surface area contributed by atoms with E-state index in [0.29, 0.717) is 24.5 Å². The summed E-state index contributed by atoms with van der Waals surface area (Å²) in [5, 5.41) is 3.60. The van der Waals surface area contributed by atoms with E-state index in [2.05, 4.69) is 5.32 Å². The number of nitrogens with zero attached hydrogens (tertiary/aromatic N) is 1. The second kappa shape index (κ2) is 8.23. The zero-order valence-corrected chi connectivity index (χ0v) is 15.3. The Labute approximate surface area is 157 Å². The van der Waals surface area contributed by atoms with Crippen molar-refractivity contribution < 1.29 is 14.3 Å². The smallest absolute Gasteiger partial charge is 0.225 e. The van der Waals surface area contributed by atoms with Gasteiger partial charge in [-0.05, 0) is 29.3 Å². The van der Waals surface area contributed by atoms with Gasteiger partial charge in [0.15, 0.2) is 0 Å². The van der Waals surface area contributed by atoms with Gasteiger partial charge < -0.3 is 15.0 Å². The summed E-state index contributed by atoms with van der Waals surface area (Å²) < 4.78 is 5.11. The summed E-state index contributed by atoms with van der Waals surface area (Å²) in [5.74, 6) is 0.693. The van der Waals surface area contributed by atoms with Gasteiger partial charge in [0, 0.05) is 24.5 Å². The van der Waals surface area contributed by atoms with Crippen molar-refractivity contribution in [2.45, 2.75) is 25.4 Å². The third-order valence-corrected chi connectivity index (χ3v) is 4.79. The van der Waals surface area contributed by atoms with Crippen LogP contribution in [0.15, 0.2) is 48.5 Å². The van der Waals surface area contributed by atoms with Crippen molar-refractivity contribution in [1.29, 1.82) is 0 Å². The average Bonchev–Trinajstić information content (AvgIpc) is 2.96. The molecule has 1 heterocycles. The minimum atomic E-state index is -0.171. The van der Waals surface area contributed by atoms with Gasteiger partial charge >= 0.3 is 0 Å². The third-order valence-electron chi connectivity index (χ3n) is 4.42. The Kier molecular flexibility index (Phi) is 5.78. The molecule has 1 saturated heterocycles. The Morgan fingerprint density at radius 3 is 2.65 bits per heavy atom. The molecule has 2 aromatic carbocycles. The Morgan fingerprint density at radius 1 is 1.23 bits per heavy atom. The minimum Gasteiger partial charge on any atom is -0.497 e. The van der Waals surface area contributed by atoms with Crippen molar-refractivity contribution in [3.63, 3.8) is 0 Å². The Morgan fingerprint density at radius 2 is 1.96 bits per heavy atom. The standard InChI is InChI=1S/C20H21ClN2O3/c1-26-17-8-6-14(7-9-17)10-19(24)22-16-11-20(25)23(13-16)12-15-4-2-3-5-18(15)21/h2-9,16H,10-13H2,1H3,(H,22,24)/t16-/m1/s1. The molecule has 2 aromatic rings. The fourth-order valence-electron chi connectivity index (χ4n) is 3.06. The molecule has 0 saturated carbocycles. The quantitative estimate of drug-likeness (QED) is 0.848. The number of hydrogen-bond donors (Lipinski definition) is 1. The van der Waals surface area contributed by atoms with Gasteiger partial charge in [-0.1, -0.05) is 41.9 Å². The first kappa shape index (κ1) is 18.3. The van der Waals surface area contributed by atoms with Crippen molar-refractivity contribution >= 4 is 23.4 Å². The first-order chi connectivity index (χ1) is 12.5. The lowest BCUT2D eigenvalue weighted by molar-refractivity contribution is -0.128. The molecule has 3 rings (SSSR count). The van der Waals surface area contributed by atoms with E-state index in [1.165, 1.54) is 0 Å². The topological polar surface area (TPSA) is 58.6 Å². The summed E-state index contributed by atoms with van der Waals surface area (Å²) in [5.41, 5.74) is 1.81. The lowest BCUT2D eigenvalue weighted by Crippen LogP contribution is -2.37. The molecule has 5 nitrogen and oxygen atoms in total. The van der Waals surface area contributed by atoms with Crippen molar-refractivity contribution in [2.75, 3.05) is 13.7 Å². The van der Waals surface area contributed by atoms with Gasteiger partial charge in [-0.15, -0.1) is 0 Å². The number of nitrogens with one attached hydrogen (secondary N) is 1. The molecule has 2 amide bonds. The number of benzene rings is 2. The molecule has 0 spiro atoms. The molecule has 1 atom stereocenters. The van der Waals surface area contributed by atoms with Gasteiger partial charge in [-0.2, -0.15) is 0 Å². The number of methoxy groups -OCH3 is 1. The van der Waals surface area contributed by atoms with Crippen LogP contribution in [0.1, 0.15) is 17.5 Å². The highest BCUT2D eigenvalue weighted by Gasteiger charge is 2.30. The summed E-state index contributed by atoms with van der Waals surface area (Å²) in [6.45, 7) is 0.960. The summed E-state index contributed by atoms with van der Waals surface area (Å²) >= 11 is 6.17. The predicted molar refractivity (Wildman–Crippen MR) is 100 cm³/mol. The van der Waals surface area contributed by atoms with Gasteiger partial charge in [-0.25, -0.2) is 0 Å². The van der Waals surface area contributed by atoms with Gasteiger partial charge in [-0.3, -0.25) is 9.59 Å². The summed E-state index contributed by atoms with van der Waals surface area (Å²) in [6, 6.07) is 14.7. The van der Waals surface area contributed by atoms with Crippen LogP contribution in [0.5, 0.6) is 5.75 Å². The molecular formula is C20H21ClN2O3. The van der Waals surface area contributed by atoms with Crippen molar-refractivity contribution in [2.24, 2.45) is 0 Å². The van der Waals surface area contributed by atoms with E-state index < -0.39 is 0 Å². The fourth-order valence-corrected chi connectivity index (χ4v) is 3.26. The van der Waals surface area contributed by atoms with E-state index in [1.54, 1.807) is 12.0 Å². The van der Waals surface area contributed by atoms with Gasteiger partial charge in [0.2, 0.25) is 11.8 Å². The van der Waals surface area contributed by atoms with Crippen molar-refractivity contribution in [3.05, 3.63) is 64.7 Å². The number of halogens is 1. The molecule has 0 aromatic heterocycles. The Bertz CT molecular complexity index is 792. The van der Waals surface area contributed by atoms with Crippen LogP contribution in [0, 0.1) is 0 Å². The second-order valence-corrected chi connectivity index (χ2v) is 6.77. The maximum atomic E-state index is 12.3. The van der Waals surface area contributed by atoms with Crippen LogP contribution in [-0.2, 0) is 22.6 Å². The molecule has 1 aliphatic rings. The number of likely N-dealkylation sites (tertiary alicyclic amines) is 1. The van der Waals surface area contributed by atoms with E-state index in [-0.39, 0.29) is 24.3 Å². The Hall–Kier alpha value is -2.53. The van der Waals surface area contributed by atoms with Crippen LogP contribution in [0.25, 0.3) is 0 Å². The van der Waals surface area contributed by atoms with E-state index in [1.807, 2.05) is 48.5 Å². The van der Waals surface area contributed by atoms with Crippen molar-refractivity contribution in [3.8, 4) is 5.75 Å². The average molecular weight is 373 g/mol. The maximum absolute atomic E-state index is 12.3. The lowest BCUT2D eigenvalue weighted by atomic mass is 10.1. The molecule has 136 valence electrons. The second-order valence-electron chi connectivity index (χ2n) is 6.36. The molecule has 1 fully saturated rings. The number of rotatable bonds is 6. The number of amides is 2. The van der Waals surface area contributed by atoms with Crippen LogP contribution >= 0.6 is 11.6 Å². The highest BCUT2D eigenvalue weighted by atomic mass is 35.5. The molecule has 0 radical (unpaired) electrons. The SMILES string of the molecule is COc1ccc(CC(=O)N[C@@H]2CC(=O)N(Cc3ccccc3Cl)C2)cc1. The molecule has 6 heteroatoms. The predicted octanol–water partition coefficient (Wildman–Crippen LogP) is 2.81. The van der Waals surface area contributed by atoms with E-state index >= 15 is 0 Å². The molecule has 0 aliphatic carbocycles. The minimum absolute atomic E-state index is 0.0275. The highest BCUT2D eigenvalue weighted by Crippen LogP contribution is 2.21. The molecule has 0 unspecified atom stereocenters. The first-order valence-electron chi connectivity index (χ1n) is 8.48. The summed E-state index contributed by atoms with van der Waals surface area (Å²) in [7, 11) is 1.60. The number of hydrogen-bond acceptors (Lipinski definition) is 3. The van der Waals surface area contributed by atoms with E-state index in [0.717, 1.165) is 16.9 Å². The zero-order valence-electron chi connectivity index (χ0n) is 14.6. The molecule has 0 bridgehead atoms. The lowest BCUT2D eigenvalue weighted by Gasteiger charge is -2.18. The number of carbonyl (C=O) groups is 2. The van der Waals surface area contributed by atoms with E-state index in [4.69, 9.17) is 16.3 Å². The summed E-state index contributed by atoms with van der Waals surface area (Å²) in [6.07, 6.45) is 0.595. The number of ether oxygens (including phenoxy) is 1. The van der Waals surface area contributed by atoms with Crippen LogP contribution < -0.4 is 10.1 Å². The van der Waals surface area contributed by atoms with Crippen LogP contribution in [0.2, 0.25) is 5.02 Å². The number of carbonyl (C=O) groups excluding carboxylic acids is 2. The first-order valence-corrected chi connectivity index (χ1v) is 8.86. The normalized spacial score (nSPS) is 16.6. The largest absolute Gasteiger partial charge is 0.497 e. The monoisotopic (exact) mass is 372 g/mol. The van der Waals surface area contributed by atoms with Gasteiger partial charge in [0.25, 0.3) is 0 Å². The molecular weight excluding hydrogens is 352 g/mol. The van der Waals surface area contributed by atoms with Crippen LogP contribution in [0.3, 0.4) is 0 Å². The van der Waals surface area contributed by atoms with E-state index in [9.17, 15) is 9.59 Å². The van der Waals surface area contributed by atoms with Crippen LogP contribution in [-0.4, -0.2) is 36.4 Å².